The van der Waals surface area contributed by atoms with E-state index in [0.717, 1.165) is 46.3 Å². The average molecular weight is 497 g/mol. The highest BCUT2D eigenvalue weighted by Gasteiger charge is 2.25. The van der Waals surface area contributed by atoms with Crippen LogP contribution in [-0.2, 0) is 0 Å². The summed E-state index contributed by atoms with van der Waals surface area (Å²) in [5, 5.41) is 2.38. The van der Waals surface area contributed by atoms with Gasteiger partial charge in [-0.3, -0.25) is 4.57 Å². The zero-order valence-corrected chi connectivity index (χ0v) is 21.7. The lowest BCUT2D eigenvalue weighted by Crippen LogP contribution is -2.24. The van der Waals surface area contributed by atoms with Crippen molar-refractivity contribution in [3.8, 4) is 17.3 Å². The van der Waals surface area contributed by atoms with Crippen molar-refractivity contribution in [1.29, 1.82) is 0 Å². The fourth-order valence-corrected chi connectivity index (χ4v) is 5.58. The second-order valence-electron chi connectivity index (χ2n) is 10.1. The molecule has 1 aliphatic heterocycles. The van der Waals surface area contributed by atoms with Crippen LogP contribution >= 0.6 is 0 Å². The molecule has 0 spiro atoms. The number of para-hydroxylation sites is 1. The van der Waals surface area contributed by atoms with Crippen molar-refractivity contribution in [1.82, 2.24) is 9.55 Å². The number of hydrogen-bond donors (Lipinski definition) is 0. The quantitative estimate of drug-likeness (QED) is 0.247. The van der Waals surface area contributed by atoms with Crippen LogP contribution in [0.4, 0.5) is 17.1 Å². The molecule has 0 saturated carbocycles. The lowest BCUT2D eigenvalue weighted by molar-refractivity contribution is 0.483. The third-order valence-electron chi connectivity index (χ3n) is 7.29. The number of aromatic nitrogens is 2. The maximum Gasteiger partial charge on any atom is 0.137 e. The van der Waals surface area contributed by atoms with E-state index in [0.29, 0.717) is 0 Å². The molecule has 38 heavy (non-hydrogen) atoms. The first-order valence-electron chi connectivity index (χ1n) is 12.9. The second-order valence-corrected chi connectivity index (χ2v) is 10.1. The molecule has 7 rings (SSSR count). The first kappa shape index (κ1) is 22.4. The molecule has 0 bridgehead atoms. The van der Waals surface area contributed by atoms with Gasteiger partial charge in [0.25, 0.3) is 0 Å². The highest BCUT2D eigenvalue weighted by molar-refractivity contribution is 6.09. The van der Waals surface area contributed by atoms with Gasteiger partial charge < -0.3 is 14.5 Å². The Bertz CT molecular complexity index is 1820. The molecular weight excluding hydrogens is 468 g/mol. The Labute approximate surface area is 222 Å². The van der Waals surface area contributed by atoms with E-state index in [2.05, 4.69) is 119 Å². The van der Waals surface area contributed by atoms with Gasteiger partial charge in [-0.25, -0.2) is 4.98 Å². The number of pyridine rings is 1. The van der Waals surface area contributed by atoms with Gasteiger partial charge in [0.2, 0.25) is 0 Å². The largest absolute Gasteiger partial charge is 0.457 e. The van der Waals surface area contributed by atoms with E-state index in [1.807, 2.05) is 24.4 Å². The van der Waals surface area contributed by atoms with Crippen molar-refractivity contribution >= 4 is 38.9 Å². The Morgan fingerprint density at radius 1 is 0.684 bits per heavy atom. The SMILES string of the molecule is Cc1cc(Oc2ccc3c4ccccc4n(-c4ccccn4)c3c2)cc(N2CN(C)c3cc(C)ccc32)c1. The molecule has 0 radical (unpaired) electrons. The molecule has 3 heterocycles. The van der Waals surface area contributed by atoms with Crippen LogP contribution in [0.3, 0.4) is 0 Å². The molecule has 5 heteroatoms. The number of hydrogen-bond acceptors (Lipinski definition) is 4. The molecular formula is C33H28N4O. The van der Waals surface area contributed by atoms with Gasteiger partial charge in [-0.15, -0.1) is 0 Å². The molecule has 0 fully saturated rings. The maximum atomic E-state index is 6.51. The van der Waals surface area contributed by atoms with E-state index in [1.54, 1.807) is 0 Å². The van der Waals surface area contributed by atoms with Crippen LogP contribution in [0.5, 0.6) is 11.5 Å². The maximum absolute atomic E-state index is 6.51. The van der Waals surface area contributed by atoms with Gasteiger partial charge in [-0.2, -0.15) is 0 Å². The molecule has 186 valence electrons. The molecule has 0 atom stereocenters. The first-order chi connectivity index (χ1) is 18.5. The summed E-state index contributed by atoms with van der Waals surface area (Å²) in [4.78, 5) is 9.28. The number of benzene rings is 4. The van der Waals surface area contributed by atoms with E-state index in [1.165, 1.54) is 27.7 Å². The van der Waals surface area contributed by atoms with E-state index in [4.69, 9.17) is 4.74 Å². The Morgan fingerprint density at radius 2 is 1.53 bits per heavy atom. The molecule has 0 unspecified atom stereocenters. The fourth-order valence-electron chi connectivity index (χ4n) is 5.58. The molecule has 1 aliphatic rings. The minimum atomic E-state index is 0.795. The monoisotopic (exact) mass is 496 g/mol. The number of fused-ring (bicyclic) bond motifs is 4. The Kier molecular flexibility index (Phi) is 5.11. The van der Waals surface area contributed by atoms with E-state index in [9.17, 15) is 0 Å². The van der Waals surface area contributed by atoms with Gasteiger partial charge in [0, 0.05) is 41.8 Å². The summed E-state index contributed by atoms with van der Waals surface area (Å²) >= 11 is 0. The van der Waals surface area contributed by atoms with Crippen molar-refractivity contribution in [3.05, 3.63) is 114 Å². The number of anilines is 3. The standard InChI is InChI=1S/C33H28N4O/c1-22-11-14-30-32(18-22)35(3)21-36(30)24-16-23(2)17-26(19-24)38-25-12-13-28-27-8-4-5-9-29(27)37(31(28)20-25)33-10-6-7-15-34-33/h4-20H,21H2,1-3H3. The Hall–Kier alpha value is -4.77. The van der Waals surface area contributed by atoms with Crippen molar-refractivity contribution in [2.24, 2.45) is 0 Å². The normalized spacial score (nSPS) is 12.9. The van der Waals surface area contributed by atoms with Gasteiger partial charge in [0.1, 0.15) is 17.3 Å². The summed E-state index contributed by atoms with van der Waals surface area (Å²) < 4.78 is 8.72. The molecule has 0 aliphatic carbocycles. The van der Waals surface area contributed by atoms with Crippen LogP contribution in [-0.4, -0.2) is 23.3 Å². The van der Waals surface area contributed by atoms with Crippen molar-refractivity contribution in [2.75, 3.05) is 23.5 Å². The minimum absolute atomic E-state index is 0.795. The van der Waals surface area contributed by atoms with Crippen LogP contribution in [0.1, 0.15) is 11.1 Å². The van der Waals surface area contributed by atoms with Crippen molar-refractivity contribution < 1.29 is 4.74 Å². The third-order valence-corrected chi connectivity index (χ3v) is 7.29. The third kappa shape index (κ3) is 3.67. The molecule has 5 nitrogen and oxygen atoms in total. The number of ether oxygens (including phenoxy) is 1. The van der Waals surface area contributed by atoms with Crippen LogP contribution < -0.4 is 14.5 Å². The van der Waals surface area contributed by atoms with Crippen LogP contribution in [0.2, 0.25) is 0 Å². The van der Waals surface area contributed by atoms with Gasteiger partial charge in [-0.05, 0) is 79.6 Å². The van der Waals surface area contributed by atoms with Gasteiger partial charge in [0.15, 0.2) is 0 Å². The Morgan fingerprint density at radius 3 is 2.39 bits per heavy atom. The van der Waals surface area contributed by atoms with Crippen molar-refractivity contribution in [3.63, 3.8) is 0 Å². The zero-order valence-electron chi connectivity index (χ0n) is 21.7. The summed E-state index contributed by atoms with van der Waals surface area (Å²) in [6, 6.07) is 33.9. The highest BCUT2D eigenvalue weighted by atomic mass is 16.5. The van der Waals surface area contributed by atoms with Crippen molar-refractivity contribution in [2.45, 2.75) is 13.8 Å². The molecule has 6 aromatic rings. The van der Waals surface area contributed by atoms with E-state index in [-0.39, 0.29) is 0 Å². The van der Waals surface area contributed by atoms with Crippen LogP contribution in [0, 0.1) is 13.8 Å². The van der Waals surface area contributed by atoms with Gasteiger partial charge in [-0.1, -0.05) is 30.3 Å². The van der Waals surface area contributed by atoms with Gasteiger partial charge >= 0.3 is 0 Å². The summed E-state index contributed by atoms with van der Waals surface area (Å²) in [6.45, 7) is 5.06. The van der Waals surface area contributed by atoms with Gasteiger partial charge in [0.05, 0.1) is 29.1 Å². The Balaban J connectivity index is 1.30. The minimum Gasteiger partial charge on any atom is -0.457 e. The molecule has 0 saturated heterocycles. The summed E-state index contributed by atoms with van der Waals surface area (Å²) in [7, 11) is 2.14. The highest BCUT2D eigenvalue weighted by Crippen LogP contribution is 2.42. The predicted octanol–water partition coefficient (Wildman–Crippen LogP) is 8.13. The summed E-state index contributed by atoms with van der Waals surface area (Å²) in [5.41, 5.74) is 8.22. The summed E-state index contributed by atoms with van der Waals surface area (Å²) in [6.07, 6.45) is 1.83. The predicted molar refractivity (Wildman–Crippen MR) is 156 cm³/mol. The number of nitrogens with zero attached hydrogens (tertiary/aromatic N) is 4. The smallest absolute Gasteiger partial charge is 0.137 e. The lowest BCUT2D eigenvalue weighted by atomic mass is 10.1. The zero-order chi connectivity index (χ0) is 25.8. The van der Waals surface area contributed by atoms with Crippen LogP contribution in [0.15, 0.2) is 103 Å². The molecule has 0 N–H and O–H groups in total. The average Bonchev–Trinajstić information content (AvgIpc) is 3.43. The second kappa shape index (κ2) is 8.67. The molecule has 4 aromatic carbocycles. The topological polar surface area (TPSA) is 33.5 Å². The first-order valence-corrected chi connectivity index (χ1v) is 12.9. The summed E-state index contributed by atoms with van der Waals surface area (Å²) in [5.74, 6) is 2.51. The van der Waals surface area contributed by atoms with E-state index >= 15 is 0 Å². The fraction of sp³-hybridized carbons (Fsp3) is 0.121. The van der Waals surface area contributed by atoms with Crippen LogP contribution in [0.25, 0.3) is 27.6 Å². The molecule has 2 aromatic heterocycles. The number of rotatable bonds is 4. The van der Waals surface area contributed by atoms with E-state index < -0.39 is 0 Å². The number of aryl methyl sites for hydroxylation is 2. The molecule has 0 amide bonds. The lowest BCUT2D eigenvalue weighted by Gasteiger charge is -2.21.